The molecule has 0 saturated heterocycles. The molecule has 1 nitrogen and oxygen atoms in total. The van der Waals surface area contributed by atoms with Crippen LogP contribution in [0.5, 0.6) is 0 Å². The van der Waals surface area contributed by atoms with Crippen LogP contribution in [-0.2, 0) is 24.2 Å². The average molecular weight is 531 g/mol. The number of fused-ring (bicyclic) bond motifs is 3. The first-order valence-corrected chi connectivity index (χ1v) is 13.0. The van der Waals surface area contributed by atoms with Gasteiger partial charge in [-0.15, -0.1) is 40.1 Å². The van der Waals surface area contributed by atoms with Crippen molar-refractivity contribution < 1.29 is 24.2 Å². The molecule has 0 fully saturated rings. The first kappa shape index (κ1) is 24.9. The van der Waals surface area contributed by atoms with Crippen LogP contribution in [0.15, 0.2) is 127 Å². The molecule has 0 N–H and O–H groups in total. The third-order valence-corrected chi connectivity index (χ3v) is 7.24. The molecule has 0 saturated carbocycles. The van der Waals surface area contributed by atoms with Gasteiger partial charge in [-0.1, -0.05) is 36.4 Å². The third-order valence-electron chi connectivity index (χ3n) is 5.82. The summed E-state index contributed by atoms with van der Waals surface area (Å²) in [5.41, 5.74) is 3.91. The molecule has 170 valence electrons. The van der Waals surface area contributed by atoms with Gasteiger partial charge >= 0.3 is 99.2 Å². The Hall–Kier alpha value is -3.22. The fourth-order valence-corrected chi connectivity index (χ4v) is 4.76. The van der Waals surface area contributed by atoms with E-state index >= 15 is 0 Å². The molecule has 6 rings (SSSR count). The van der Waals surface area contributed by atoms with Crippen LogP contribution in [0, 0.1) is 6.08 Å². The van der Waals surface area contributed by atoms with Crippen LogP contribution in [-0.4, -0.2) is 17.3 Å². The molecular formula is C33H29NZr. The predicted octanol–water partition coefficient (Wildman–Crippen LogP) is 7.89. The molecule has 0 heterocycles. The maximum absolute atomic E-state index is 2.99. The second kappa shape index (κ2) is 12.5. The Kier molecular flexibility index (Phi) is 8.87. The SMILES string of the molecule is CN(C)c1ccc2c(c1)[cH-]c1ccccc12.[C-]1=CC=CC1.[Zr+2]=[C](c1ccccc1)c1ccccc1. The van der Waals surface area contributed by atoms with Crippen LogP contribution in [0.4, 0.5) is 5.69 Å². The van der Waals surface area contributed by atoms with E-state index in [-0.39, 0.29) is 0 Å². The topological polar surface area (TPSA) is 3.24 Å². The van der Waals surface area contributed by atoms with Crippen LogP contribution in [0.1, 0.15) is 17.5 Å². The first-order chi connectivity index (χ1) is 17.1. The zero-order valence-corrected chi connectivity index (χ0v) is 22.7. The number of hydrogen-bond donors (Lipinski definition) is 0. The minimum atomic E-state index is 1.01. The van der Waals surface area contributed by atoms with Crippen molar-refractivity contribution in [3.63, 3.8) is 0 Å². The van der Waals surface area contributed by atoms with Crippen molar-refractivity contribution in [1.82, 2.24) is 0 Å². The summed E-state index contributed by atoms with van der Waals surface area (Å²) >= 11 is 1.46. The molecular weight excluding hydrogens is 502 g/mol. The standard InChI is InChI=1S/C15H14N.C13H10.C5H5.Zr/c1-16(2)13-7-8-15-12(10-13)9-11-5-3-4-6-14(11)15;1-3-7-12(8-4-1)11-13-9-5-2-6-10-13;1-2-4-5-3-1;/h3-10H,1-2H3;1-10H;1-3H,4H2;/q-1;;-1;+2. The van der Waals surface area contributed by atoms with E-state index in [0.29, 0.717) is 0 Å². The van der Waals surface area contributed by atoms with Gasteiger partial charge in [0.2, 0.25) is 0 Å². The predicted molar refractivity (Wildman–Crippen MR) is 149 cm³/mol. The third kappa shape index (κ3) is 6.68. The van der Waals surface area contributed by atoms with Gasteiger partial charge in [-0.05, 0) is 0 Å². The van der Waals surface area contributed by atoms with Gasteiger partial charge in [-0.25, -0.2) is 12.2 Å². The Labute approximate surface area is 223 Å². The van der Waals surface area contributed by atoms with Crippen LogP contribution in [0.3, 0.4) is 0 Å². The van der Waals surface area contributed by atoms with E-state index in [2.05, 4.69) is 140 Å². The number of allylic oxidation sites excluding steroid dienone is 4. The molecule has 0 spiro atoms. The van der Waals surface area contributed by atoms with Crippen molar-refractivity contribution in [2.75, 3.05) is 19.0 Å². The number of benzene rings is 4. The van der Waals surface area contributed by atoms with Crippen LogP contribution >= 0.6 is 0 Å². The number of anilines is 1. The minimum absolute atomic E-state index is 1.01. The Balaban J connectivity index is 0.000000139. The van der Waals surface area contributed by atoms with Crippen molar-refractivity contribution in [2.24, 2.45) is 0 Å². The Morgan fingerprint density at radius 1 is 0.743 bits per heavy atom. The van der Waals surface area contributed by atoms with Crippen LogP contribution in [0.2, 0.25) is 0 Å². The fraction of sp³-hybridized carbons (Fsp3) is 0.0909. The van der Waals surface area contributed by atoms with Gasteiger partial charge in [0.15, 0.2) is 0 Å². The molecule has 1 aliphatic carbocycles. The van der Waals surface area contributed by atoms with Gasteiger partial charge in [-0.3, -0.25) is 6.08 Å². The molecule has 2 heteroatoms. The van der Waals surface area contributed by atoms with E-state index < -0.39 is 0 Å². The maximum atomic E-state index is 2.99. The van der Waals surface area contributed by atoms with Gasteiger partial charge in [0, 0.05) is 19.8 Å². The molecule has 5 aromatic rings. The number of hydrogen-bond acceptors (Lipinski definition) is 1. The zero-order valence-electron chi connectivity index (χ0n) is 20.3. The quantitative estimate of drug-likeness (QED) is 0.214. The molecule has 0 atom stereocenters. The summed E-state index contributed by atoms with van der Waals surface area (Å²) in [6, 6.07) is 38.6. The van der Waals surface area contributed by atoms with Gasteiger partial charge in [0.25, 0.3) is 0 Å². The first-order valence-electron chi connectivity index (χ1n) is 11.8. The van der Waals surface area contributed by atoms with Crippen molar-refractivity contribution >= 4 is 30.4 Å². The molecule has 0 unspecified atom stereocenters. The van der Waals surface area contributed by atoms with Crippen molar-refractivity contribution in [3.05, 3.63) is 145 Å². The summed E-state index contributed by atoms with van der Waals surface area (Å²) in [5.74, 6) is 0. The Morgan fingerprint density at radius 2 is 1.34 bits per heavy atom. The molecule has 0 radical (unpaired) electrons. The summed E-state index contributed by atoms with van der Waals surface area (Å²) in [4.78, 5) is 2.14. The molecule has 35 heavy (non-hydrogen) atoms. The van der Waals surface area contributed by atoms with E-state index in [1.54, 1.807) is 0 Å². The second-order valence-electron chi connectivity index (χ2n) is 8.51. The van der Waals surface area contributed by atoms with Crippen molar-refractivity contribution in [2.45, 2.75) is 6.42 Å². The van der Waals surface area contributed by atoms with Crippen LogP contribution < -0.4 is 4.90 Å². The number of rotatable bonds is 3. The molecule has 0 aliphatic heterocycles. The zero-order chi connectivity index (χ0) is 24.5. The normalized spacial score (nSPS) is 11.5. The molecule has 1 aliphatic rings. The van der Waals surface area contributed by atoms with Crippen LogP contribution in [0.25, 0.3) is 21.5 Å². The molecule has 0 amide bonds. The average Bonchev–Trinajstić information content (AvgIpc) is 3.61. The summed E-state index contributed by atoms with van der Waals surface area (Å²) in [7, 11) is 4.15. The van der Waals surface area contributed by atoms with Gasteiger partial charge in [0.05, 0.1) is 0 Å². The van der Waals surface area contributed by atoms with Crippen molar-refractivity contribution in [1.29, 1.82) is 0 Å². The summed E-state index contributed by atoms with van der Waals surface area (Å²) in [6.45, 7) is 0. The number of nitrogens with zero attached hydrogens (tertiary/aromatic N) is 1. The van der Waals surface area contributed by atoms with Crippen molar-refractivity contribution in [3.8, 4) is 0 Å². The summed E-state index contributed by atoms with van der Waals surface area (Å²) < 4.78 is 1.42. The summed E-state index contributed by atoms with van der Waals surface area (Å²) in [5, 5.41) is 5.35. The Bertz CT molecular complexity index is 1390. The van der Waals surface area contributed by atoms with E-state index in [9.17, 15) is 0 Å². The molecule has 5 aromatic carbocycles. The van der Waals surface area contributed by atoms with Gasteiger partial charge in [-0.2, -0.15) is 6.08 Å². The van der Waals surface area contributed by atoms with E-state index in [0.717, 1.165) is 6.42 Å². The van der Waals surface area contributed by atoms with E-state index in [1.165, 1.54) is 65.8 Å². The fourth-order valence-electron chi connectivity index (χ4n) is 3.95. The molecule has 0 bridgehead atoms. The summed E-state index contributed by atoms with van der Waals surface area (Å²) in [6.07, 6.45) is 10.0. The van der Waals surface area contributed by atoms with E-state index in [4.69, 9.17) is 0 Å². The Morgan fingerprint density at radius 3 is 1.89 bits per heavy atom. The van der Waals surface area contributed by atoms with E-state index in [1.807, 2.05) is 12.2 Å². The molecule has 0 aromatic heterocycles. The second-order valence-corrected chi connectivity index (χ2v) is 9.74. The monoisotopic (exact) mass is 529 g/mol. The van der Waals surface area contributed by atoms with Gasteiger partial charge < -0.3 is 4.90 Å². The van der Waals surface area contributed by atoms with Gasteiger partial charge in [0.1, 0.15) is 0 Å².